The van der Waals surface area contributed by atoms with Gasteiger partial charge in [0, 0.05) is 0 Å². The van der Waals surface area contributed by atoms with Gasteiger partial charge in [0.2, 0.25) is 0 Å². The smallest absolute Gasteiger partial charge is 0.469 e. The van der Waals surface area contributed by atoms with Crippen LogP contribution in [0, 0.1) is 0 Å². The van der Waals surface area contributed by atoms with Crippen LogP contribution in [0.5, 0.6) is 0 Å². The monoisotopic (exact) mass is 393 g/mol. The Morgan fingerprint density at radius 1 is 1.07 bits per heavy atom. The molecule has 1 heterocycles. The van der Waals surface area contributed by atoms with Crippen molar-refractivity contribution >= 4 is 24.5 Å². The first kappa shape index (κ1) is 22.4. The van der Waals surface area contributed by atoms with E-state index in [0.717, 1.165) is 5.46 Å². The van der Waals surface area contributed by atoms with Crippen LogP contribution in [-0.2, 0) is 28.4 Å². The van der Waals surface area contributed by atoms with Gasteiger partial charge in [0.05, 0.1) is 31.8 Å². The Kier molecular flexibility index (Phi) is 6.87. The highest BCUT2D eigenvalue weighted by Crippen LogP contribution is 2.36. The molecule has 1 saturated heterocycles. The number of carbonyl (C=O) groups is 2. The third kappa shape index (κ3) is 4.91. The number of methoxy groups -OCH3 is 2. The van der Waals surface area contributed by atoms with Gasteiger partial charge >= 0.3 is 19.1 Å². The fraction of sp³-hybridized carbons (Fsp3) is 0.579. The minimum Gasteiger partial charge on any atom is -0.469 e. The van der Waals surface area contributed by atoms with E-state index in [1.807, 2.05) is 27.7 Å². The summed E-state index contributed by atoms with van der Waals surface area (Å²) in [7, 11) is 1.92. The maximum absolute atomic E-state index is 11.8. The Bertz CT molecular complexity index is 689. The van der Waals surface area contributed by atoms with Gasteiger partial charge in [0.25, 0.3) is 0 Å². The molecule has 2 N–H and O–H groups in total. The molecule has 0 bridgehead atoms. The molecular formula is C19H28BNO7. The molecule has 0 radical (unpaired) electrons. The normalized spacial score (nSPS) is 19.8. The highest BCUT2D eigenvalue weighted by Gasteiger charge is 2.51. The Morgan fingerprint density at radius 3 is 2.07 bits per heavy atom. The summed E-state index contributed by atoms with van der Waals surface area (Å²) >= 11 is 0. The van der Waals surface area contributed by atoms with E-state index in [1.165, 1.54) is 14.2 Å². The van der Waals surface area contributed by atoms with Crippen LogP contribution in [0.3, 0.4) is 0 Å². The van der Waals surface area contributed by atoms with E-state index in [0.29, 0.717) is 5.56 Å². The number of aliphatic hydroxyl groups is 1. The van der Waals surface area contributed by atoms with Crippen molar-refractivity contribution in [2.24, 2.45) is 0 Å². The first-order valence-electron chi connectivity index (χ1n) is 9.05. The average Bonchev–Trinajstić information content (AvgIpc) is 2.87. The third-order valence-electron chi connectivity index (χ3n) is 5.22. The van der Waals surface area contributed by atoms with Gasteiger partial charge in [0.15, 0.2) is 0 Å². The van der Waals surface area contributed by atoms with Crippen LogP contribution in [0.4, 0.5) is 0 Å². The predicted molar refractivity (Wildman–Crippen MR) is 103 cm³/mol. The van der Waals surface area contributed by atoms with E-state index in [-0.39, 0.29) is 6.42 Å². The van der Waals surface area contributed by atoms with Gasteiger partial charge in [-0.15, -0.1) is 0 Å². The van der Waals surface area contributed by atoms with Crippen molar-refractivity contribution in [3.8, 4) is 0 Å². The molecule has 9 heteroatoms. The second-order valence-electron chi connectivity index (χ2n) is 7.68. The second kappa shape index (κ2) is 8.61. The molecule has 0 amide bonds. The van der Waals surface area contributed by atoms with Gasteiger partial charge in [-0.3, -0.25) is 14.9 Å². The molecule has 0 aromatic heterocycles. The third-order valence-corrected chi connectivity index (χ3v) is 5.22. The number of nitrogens with one attached hydrogen (secondary N) is 1. The van der Waals surface area contributed by atoms with Crippen LogP contribution in [0.2, 0.25) is 0 Å². The van der Waals surface area contributed by atoms with E-state index in [1.54, 1.807) is 24.3 Å². The number of aliphatic hydroxyl groups excluding tert-OH is 1. The molecule has 2 atom stereocenters. The summed E-state index contributed by atoms with van der Waals surface area (Å²) in [5.41, 5.74) is 0.436. The molecular weight excluding hydrogens is 365 g/mol. The van der Waals surface area contributed by atoms with Gasteiger partial charge < -0.3 is 23.9 Å². The van der Waals surface area contributed by atoms with Crippen molar-refractivity contribution < 1.29 is 33.5 Å². The number of esters is 2. The minimum atomic E-state index is -1.18. The summed E-state index contributed by atoms with van der Waals surface area (Å²) in [6.45, 7) is 7.90. The summed E-state index contributed by atoms with van der Waals surface area (Å²) in [5.74, 6) is -1.26. The van der Waals surface area contributed by atoms with Crippen molar-refractivity contribution in [1.82, 2.24) is 5.32 Å². The summed E-state index contributed by atoms with van der Waals surface area (Å²) in [6, 6.07) is 5.94. The lowest BCUT2D eigenvalue weighted by Crippen LogP contribution is -2.42. The van der Waals surface area contributed by atoms with Crippen molar-refractivity contribution in [2.45, 2.75) is 57.6 Å². The lowest BCUT2D eigenvalue weighted by atomic mass is 9.79. The van der Waals surface area contributed by atoms with Crippen LogP contribution in [-0.4, -0.2) is 55.6 Å². The maximum Gasteiger partial charge on any atom is 0.494 e. The standard InChI is InChI=1S/C19H28BNO7/c1-18(2)19(3,4)28-20(27-18)13-9-7-12(8-10-13)16(23)21-14(17(24)26-6)11-15(22)25-5/h7-10,14,16,21,23H,11H2,1-6H3/t14-,16?/m1/s1. The fourth-order valence-electron chi connectivity index (χ4n) is 2.70. The van der Waals surface area contributed by atoms with E-state index in [2.05, 4.69) is 14.8 Å². The molecule has 0 aliphatic carbocycles. The number of rotatable bonds is 7. The Hall–Kier alpha value is -1.94. The van der Waals surface area contributed by atoms with Gasteiger partial charge in [0.1, 0.15) is 12.3 Å². The van der Waals surface area contributed by atoms with Gasteiger partial charge in [-0.25, -0.2) is 0 Å². The predicted octanol–water partition coefficient (Wildman–Crippen LogP) is 0.671. The molecule has 2 rings (SSSR count). The van der Waals surface area contributed by atoms with Gasteiger partial charge in [-0.05, 0) is 38.7 Å². The molecule has 0 spiro atoms. The van der Waals surface area contributed by atoms with Crippen LogP contribution < -0.4 is 10.8 Å². The zero-order chi connectivity index (χ0) is 21.1. The average molecular weight is 393 g/mol. The molecule has 1 unspecified atom stereocenters. The largest absolute Gasteiger partial charge is 0.494 e. The highest BCUT2D eigenvalue weighted by molar-refractivity contribution is 6.62. The molecule has 1 aromatic rings. The SMILES string of the molecule is COC(=O)C[C@@H](NC(O)c1ccc(B2OC(C)(C)C(C)(C)O2)cc1)C(=O)OC. The number of hydrogen-bond donors (Lipinski definition) is 2. The molecule has 1 aliphatic rings. The van der Waals surface area contributed by atoms with Gasteiger partial charge in [-0.2, -0.15) is 0 Å². The fourth-order valence-corrected chi connectivity index (χ4v) is 2.70. The molecule has 154 valence electrons. The first-order chi connectivity index (χ1) is 13.0. The van der Waals surface area contributed by atoms with Crippen molar-refractivity contribution in [3.63, 3.8) is 0 Å². The topological polar surface area (TPSA) is 103 Å². The molecule has 28 heavy (non-hydrogen) atoms. The van der Waals surface area contributed by atoms with Crippen molar-refractivity contribution in [3.05, 3.63) is 29.8 Å². The van der Waals surface area contributed by atoms with Crippen molar-refractivity contribution in [1.29, 1.82) is 0 Å². The number of benzene rings is 1. The quantitative estimate of drug-likeness (QED) is 0.396. The lowest BCUT2D eigenvalue weighted by Gasteiger charge is -2.32. The molecule has 8 nitrogen and oxygen atoms in total. The lowest BCUT2D eigenvalue weighted by molar-refractivity contribution is -0.150. The first-order valence-corrected chi connectivity index (χ1v) is 9.05. The van der Waals surface area contributed by atoms with Crippen LogP contribution in [0.1, 0.15) is 45.9 Å². The molecule has 0 saturated carbocycles. The zero-order valence-corrected chi connectivity index (χ0v) is 17.1. The molecule has 1 aromatic carbocycles. The Balaban J connectivity index is 2.07. The van der Waals surface area contributed by atoms with E-state index in [9.17, 15) is 14.7 Å². The molecule has 1 aliphatic heterocycles. The number of hydrogen-bond acceptors (Lipinski definition) is 8. The van der Waals surface area contributed by atoms with E-state index < -0.39 is 42.5 Å². The zero-order valence-electron chi connectivity index (χ0n) is 17.1. The Labute approximate surface area is 165 Å². The van der Waals surface area contributed by atoms with Crippen LogP contribution in [0.25, 0.3) is 0 Å². The summed E-state index contributed by atoms with van der Waals surface area (Å²) in [6.07, 6.45) is -1.44. The van der Waals surface area contributed by atoms with E-state index in [4.69, 9.17) is 9.31 Å². The minimum absolute atomic E-state index is 0.258. The summed E-state index contributed by atoms with van der Waals surface area (Å²) in [5, 5.41) is 13.1. The van der Waals surface area contributed by atoms with Gasteiger partial charge in [-0.1, -0.05) is 24.3 Å². The second-order valence-corrected chi connectivity index (χ2v) is 7.68. The van der Waals surface area contributed by atoms with E-state index >= 15 is 0 Å². The van der Waals surface area contributed by atoms with Crippen molar-refractivity contribution in [2.75, 3.05) is 14.2 Å². The van der Waals surface area contributed by atoms with Crippen LogP contribution >= 0.6 is 0 Å². The summed E-state index contributed by atoms with van der Waals surface area (Å²) in [4.78, 5) is 23.3. The highest BCUT2D eigenvalue weighted by atomic mass is 16.7. The maximum atomic E-state index is 11.8. The molecule has 1 fully saturated rings. The Morgan fingerprint density at radius 2 is 1.61 bits per heavy atom. The summed E-state index contributed by atoms with van der Waals surface area (Å²) < 4.78 is 21.2. The number of carbonyl (C=O) groups excluding carboxylic acids is 2. The van der Waals surface area contributed by atoms with Crippen LogP contribution in [0.15, 0.2) is 24.3 Å². The number of ether oxygens (including phenoxy) is 2.